The summed E-state index contributed by atoms with van der Waals surface area (Å²) in [5, 5.41) is 18.8. The lowest BCUT2D eigenvalue weighted by Gasteiger charge is -2.26. The molecule has 2 saturated carbocycles. The van der Waals surface area contributed by atoms with E-state index in [1.165, 1.54) is 47.7 Å². The number of aliphatic carboxylic acids is 2. The number of H-pyrrole nitrogens is 1. The van der Waals surface area contributed by atoms with Crippen molar-refractivity contribution in [1.82, 2.24) is 24.8 Å². The van der Waals surface area contributed by atoms with Crippen molar-refractivity contribution in [3.63, 3.8) is 0 Å². The molecule has 6 aromatic rings. The number of nitrogens with one attached hydrogen (secondary N) is 1. The van der Waals surface area contributed by atoms with Gasteiger partial charge in [-0.05, 0) is 98.2 Å². The van der Waals surface area contributed by atoms with E-state index in [-0.39, 0.29) is 23.7 Å². The van der Waals surface area contributed by atoms with Crippen molar-refractivity contribution in [2.24, 2.45) is 11.8 Å². The molecule has 0 saturated heterocycles. The summed E-state index contributed by atoms with van der Waals surface area (Å²) in [6.07, 6.45) is 11.8. The number of fused-ring (bicyclic) bond motifs is 2. The van der Waals surface area contributed by atoms with E-state index in [1.54, 1.807) is 9.80 Å². The molecule has 4 aromatic carbocycles. The van der Waals surface area contributed by atoms with Gasteiger partial charge in [-0.25, -0.2) is 9.97 Å². The van der Waals surface area contributed by atoms with Crippen molar-refractivity contribution in [2.45, 2.75) is 97.0 Å². The fourth-order valence-electron chi connectivity index (χ4n) is 8.52. The number of hydrogen-bond acceptors (Lipinski definition) is 11. The van der Waals surface area contributed by atoms with E-state index in [0.29, 0.717) is 55.8 Å². The number of amides is 2. The van der Waals surface area contributed by atoms with Crippen molar-refractivity contribution in [1.29, 1.82) is 0 Å². The number of hydrogen-bond donors (Lipinski definition) is 3. The third-order valence-electron chi connectivity index (χ3n) is 12.4. The third-order valence-corrected chi connectivity index (χ3v) is 15.8. The Hall–Kier alpha value is -5.58. The molecule has 2 aliphatic carbocycles. The predicted octanol–water partition coefficient (Wildman–Crippen LogP) is 10.3. The van der Waals surface area contributed by atoms with Gasteiger partial charge in [-0.1, -0.05) is 111 Å². The number of likely N-dealkylation sites (N-methyl/N-ethyl adjacent to an activating group) is 2. The molecule has 0 aliphatic heterocycles. The Morgan fingerprint density at radius 3 is 1.59 bits per heavy atom. The molecular weight excluding hydrogens is 919 g/mol. The molecule has 2 fully saturated rings. The molecule has 3 N–H and O–H groups in total. The van der Waals surface area contributed by atoms with Gasteiger partial charge in [-0.2, -0.15) is 0 Å². The van der Waals surface area contributed by atoms with Gasteiger partial charge >= 0.3 is 11.9 Å². The van der Waals surface area contributed by atoms with Crippen LogP contribution in [-0.2, 0) is 32.0 Å². The maximum absolute atomic E-state index is 12.5. The average Bonchev–Trinajstić information content (AvgIpc) is 3.98. The lowest BCUT2D eigenvalue weighted by molar-refractivity contribution is -0.137. The van der Waals surface area contributed by atoms with Gasteiger partial charge < -0.3 is 34.5 Å². The molecule has 0 bridgehead atoms. The zero-order valence-electron chi connectivity index (χ0n) is 38.7. The van der Waals surface area contributed by atoms with Crippen molar-refractivity contribution >= 4 is 79.9 Å². The van der Waals surface area contributed by atoms with Crippen molar-refractivity contribution in [3.05, 3.63) is 108 Å². The van der Waals surface area contributed by atoms with Crippen LogP contribution in [0.4, 0.5) is 0 Å². The Bertz CT molecular complexity index is 2330. The van der Waals surface area contributed by atoms with Crippen LogP contribution < -0.4 is 9.47 Å². The van der Waals surface area contributed by atoms with Gasteiger partial charge in [0.2, 0.25) is 11.8 Å². The first-order valence-electron chi connectivity index (χ1n) is 23.5. The monoisotopic (exact) mass is 979 g/mol. The van der Waals surface area contributed by atoms with E-state index in [4.69, 9.17) is 9.47 Å². The molecule has 2 atom stereocenters. The molecule has 2 amide bonds. The van der Waals surface area contributed by atoms with Crippen LogP contribution in [0.1, 0.15) is 75.3 Å². The summed E-state index contributed by atoms with van der Waals surface area (Å²) in [6, 6.07) is 30.5. The zero-order valence-corrected chi connectivity index (χ0v) is 41.2. The number of aromatic nitrogens is 3. The number of carbonyl (C=O) groups excluding carboxylic acids is 2. The molecule has 2 aromatic heterocycles. The Balaban J connectivity index is 0.000000201. The molecular formula is C52H61N5O8S3. The first-order chi connectivity index (χ1) is 33.0. The van der Waals surface area contributed by atoms with Crippen LogP contribution in [0.3, 0.4) is 0 Å². The molecule has 2 aliphatic rings. The molecule has 2 unspecified atom stereocenters. The number of nitrogens with zero attached hydrogens (tertiary/aromatic N) is 4. The van der Waals surface area contributed by atoms with Gasteiger partial charge in [-0.15, -0.1) is 11.3 Å². The smallest absolute Gasteiger partial charge is 0.317 e. The number of carboxylic acid groups (broad SMARTS) is 2. The number of para-hydroxylation sites is 3. The topological polar surface area (TPSA) is 175 Å². The van der Waals surface area contributed by atoms with E-state index in [1.807, 2.05) is 111 Å². The minimum atomic E-state index is -0.878. The van der Waals surface area contributed by atoms with Crippen LogP contribution in [0.5, 0.6) is 11.5 Å². The van der Waals surface area contributed by atoms with E-state index in [2.05, 4.69) is 15.0 Å². The molecule has 2 heterocycles. The van der Waals surface area contributed by atoms with Gasteiger partial charge in [0.25, 0.3) is 0 Å². The fourth-order valence-corrected chi connectivity index (χ4v) is 11.8. The molecule has 13 nitrogen and oxygen atoms in total. The molecule has 360 valence electrons. The number of thiazole rings is 1. The number of carbonyl (C=O) groups is 4. The molecule has 16 heteroatoms. The Morgan fingerprint density at radius 2 is 1.10 bits per heavy atom. The second-order valence-electron chi connectivity index (χ2n) is 17.5. The zero-order chi connectivity index (χ0) is 47.8. The SMILES string of the molecule is CN(CCOc1ccc(CC(Sc2nc3ccccc3[nH]2)C(=O)O)cc1)C(=O)C1CCCCC1.CN(CCOc1ccc(CC(Sc2nc3ccccc3s2)C(=O)O)cc1)C(=O)C1CCCCC1. The summed E-state index contributed by atoms with van der Waals surface area (Å²) in [5.41, 5.74) is 4.45. The van der Waals surface area contributed by atoms with E-state index < -0.39 is 22.4 Å². The predicted molar refractivity (Wildman–Crippen MR) is 270 cm³/mol. The highest BCUT2D eigenvalue weighted by Gasteiger charge is 2.26. The highest BCUT2D eigenvalue weighted by molar-refractivity contribution is 8.02. The summed E-state index contributed by atoms with van der Waals surface area (Å²) in [6.45, 7) is 1.96. The standard InChI is InChI=1S/C26H31N3O4S.C26H30N2O4S2/c1-29(24(30)19-7-3-2-4-8-19)15-16-33-20-13-11-18(12-14-20)17-23(25(31)32)34-26-27-21-9-5-6-10-22(21)28-26;1-28(24(29)19-7-3-2-4-8-19)15-16-32-20-13-11-18(12-14-20)17-23(25(30)31)34-26-27-21-9-5-6-10-22(21)33-26/h5-6,9-14,19,23H,2-4,7-8,15-17H2,1H3,(H,27,28)(H,31,32);5-6,9-14,19,23H,2-4,7-8,15-17H2,1H3,(H,30,31). The summed E-state index contributed by atoms with van der Waals surface area (Å²) in [4.78, 5) is 64.5. The summed E-state index contributed by atoms with van der Waals surface area (Å²) < 4.78 is 13.5. The van der Waals surface area contributed by atoms with Crippen molar-refractivity contribution in [3.8, 4) is 11.5 Å². The molecule has 0 radical (unpaired) electrons. The Labute approximate surface area is 410 Å². The van der Waals surface area contributed by atoms with Crippen LogP contribution >= 0.6 is 34.9 Å². The van der Waals surface area contributed by atoms with Gasteiger partial charge in [0.05, 0.1) is 34.3 Å². The fraction of sp³-hybridized carbons (Fsp3) is 0.423. The van der Waals surface area contributed by atoms with Crippen LogP contribution in [0.2, 0.25) is 0 Å². The second kappa shape index (κ2) is 25.2. The minimum absolute atomic E-state index is 0.164. The highest BCUT2D eigenvalue weighted by atomic mass is 32.2. The third kappa shape index (κ3) is 14.7. The van der Waals surface area contributed by atoms with Crippen LogP contribution in [0.25, 0.3) is 21.3 Å². The Kier molecular flexibility index (Phi) is 18.6. The average molecular weight is 980 g/mol. The van der Waals surface area contributed by atoms with Gasteiger partial charge in [-0.3, -0.25) is 19.2 Å². The van der Waals surface area contributed by atoms with Crippen molar-refractivity contribution < 1.29 is 38.9 Å². The second-order valence-corrected chi connectivity index (χ2v) is 21.2. The van der Waals surface area contributed by atoms with Crippen molar-refractivity contribution in [2.75, 3.05) is 40.4 Å². The maximum atomic E-state index is 12.5. The van der Waals surface area contributed by atoms with Crippen LogP contribution in [0, 0.1) is 11.8 Å². The number of rotatable bonds is 20. The number of ether oxygens (including phenoxy) is 2. The summed E-state index contributed by atoms with van der Waals surface area (Å²) in [7, 11) is 3.69. The van der Waals surface area contributed by atoms with E-state index in [0.717, 1.165) is 88.1 Å². The summed E-state index contributed by atoms with van der Waals surface area (Å²) >= 11 is 4.03. The van der Waals surface area contributed by atoms with Crippen LogP contribution in [0.15, 0.2) is 107 Å². The first kappa shape index (κ1) is 50.3. The molecule has 68 heavy (non-hydrogen) atoms. The van der Waals surface area contributed by atoms with Gasteiger partial charge in [0.15, 0.2) is 9.50 Å². The lowest BCUT2D eigenvalue weighted by Crippen LogP contribution is -2.36. The number of thioether (sulfide) groups is 2. The quantitative estimate of drug-likeness (QED) is 0.0619. The number of imidazole rings is 1. The highest BCUT2D eigenvalue weighted by Crippen LogP contribution is 2.34. The number of aromatic amines is 1. The molecule has 8 rings (SSSR count). The van der Waals surface area contributed by atoms with E-state index >= 15 is 0 Å². The summed E-state index contributed by atoms with van der Waals surface area (Å²) in [5.74, 6) is 0.474. The number of benzene rings is 4. The van der Waals surface area contributed by atoms with Gasteiger partial charge in [0, 0.05) is 25.9 Å². The lowest BCUT2D eigenvalue weighted by atomic mass is 9.88. The molecule has 0 spiro atoms. The largest absolute Gasteiger partial charge is 0.492 e. The maximum Gasteiger partial charge on any atom is 0.317 e. The van der Waals surface area contributed by atoms with Crippen LogP contribution in [-0.4, -0.2) is 110 Å². The normalized spacial score (nSPS) is 15.2. The Morgan fingerprint density at radius 1 is 0.632 bits per heavy atom. The number of carboxylic acids is 2. The first-order valence-corrected chi connectivity index (χ1v) is 26.1. The minimum Gasteiger partial charge on any atom is -0.492 e. The van der Waals surface area contributed by atoms with E-state index in [9.17, 15) is 29.4 Å². The van der Waals surface area contributed by atoms with Gasteiger partial charge in [0.1, 0.15) is 35.2 Å².